The number of ether oxygens (including phenoxy) is 2. The van der Waals surface area contributed by atoms with E-state index < -0.39 is 0 Å². The number of benzene rings is 3. The lowest BCUT2D eigenvalue weighted by Gasteiger charge is -2.13. The van der Waals surface area contributed by atoms with Crippen LogP contribution in [-0.4, -0.2) is 23.3 Å². The van der Waals surface area contributed by atoms with E-state index in [0.717, 1.165) is 42.2 Å². The average Bonchev–Trinajstić information content (AvgIpc) is 3.10. The van der Waals surface area contributed by atoms with Gasteiger partial charge in [-0.1, -0.05) is 42.5 Å². The standard InChI is InChI=1S/C26H28N2O2/c1-19-8-6-9-20(2)26(19)30-17-7-16-28-24-11-5-4-10-23(24)27-25(28)18-21-12-14-22(29-3)15-13-21/h4-6,8-15H,7,16-18H2,1-3H3. The lowest BCUT2D eigenvalue weighted by Crippen LogP contribution is -2.09. The Bertz CT molecular complexity index is 1110. The summed E-state index contributed by atoms with van der Waals surface area (Å²) in [6.07, 6.45) is 1.71. The molecule has 3 aromatic carbocycles. The lowest BCUT2D eigenvalue weighted by atomic mass is 10.1. The van der Waals surface area contributed by atoms with Crippen LogP contribution in [0.3, 0.4) is 0 Å². The van der Waals surface area contributed by atoms with E-state index in [1.807, 2.05) is 18.2 Å². The molecule has 4 heteroatoms. The Hall–Kier alpha value is -3.27. The molecule has 0 N–H and O–H groups in total. The Labute approximate surface area is 178 Å². The monoisotopic (exact) mass is 400 g/mol. The third-order valence-corrected chi connectivity index (χ3v) is 5.44. The van der Waals surface area contributed by atoms with Gasteiger partial charge in [0.05, 0.1) is 24.8 Å². The summed E-state index contributed by atoms with van der Waals surface area (Å²) >= 11 is 0. The normalized spacial score (nSPS) is 11.0. The minimum Gasteiger partial charge on any atom is -0.497 e. The molecule has 0 fully saturated rings. The van der Waals surface area contributed by atoms with Crippen LogP contribution in [-0.2, 0) is 13.0 Å². The molecule has 0 aliphatic rings. The SMILES string of the molecule is COc1ccc(Cc2nc3ccccc3n2CCCOc2c(C)cccc2C)cc1. The maximum atomic E-state index is 6.11. The van der Waals surface area contributed by atoms with Crippen LogP contribution < -0.4 is 9.47 Å². The first kappa shape index (κ1) is 20.0. The molecule has 0 bridgehead atoms. The van der Waals surface area contributed by atoms with Crippen molar-refractivity contribution < 1.29 is 9.47 Å². The van der Waals surface area contributed by atoms with Crippen molar-refractivity contribution in [1.29, 1.82) is 0 Å². The van der Waals surface area contributed by atoms with Gasteiger partial charge in [-0.2, -0.15) is 0 Å². The first-order chi connectivity index (χ1) is 14.7. The molecule has 154 valence electrons. The fourth-order valence-corrected chi connectivity index (χ4v) is 3.86. The van der Waals surface area contributed by atoms with E-state index in [-0.39, 0.29) is 0 Å². The first-order valence-electron chi connectivity index (χ1n) is 10.4. The summed E-state index contributed by atoms with van der Waals surface area (Å²) in [6, 6.07) is 22.8. The molecular weight excluding hydrogens is 372 g/mol. The fraction of sp³-hybridized carbons (Fsp3) is 0.269. The van der Waals surface area contributed by atoms with E-state index in [1.165, 1.54) is 22.2 Å². The number of imidazole rings is 1. The van der Waals surface area contributed by atoms with E-state index in [9.17, 15) is 0 Å². The van der Waals surface area contributed by atoms with Gasteiger partial charge in [0, 0.05) is 13.0 Å². The van der Waals surface area contributed by atoms with Crippen LogP contribution in [0.2, 0.25) is 0 Å². The summed E-state index contributed by atoms with van der Waals surface area (Å²) in [5, 5.41) is 0. The summed E-state index contributed by atoms with van der Waals surface area (Å²) < 4.78 is 13.7. The summed E-state index contributed by atoms with van der Waals surface area (Å²) in [5.74, 6) is 2.95. The quantitative estimate of drug-likeness (QED) is 0.355. The van der Waals surface area contributed by atoms with E-state index in [4.69, 9.17) is 14.5 Å². The predicted molar refractivity (Wildman–Crippen MR) is 122 cm³/mol. The lowest BCUT2D eigenvalue weighted by molar-refractivity contribution is 0.298. The van der Waals surface area contributed by atoms with Crippen molar-refractivity contribution in [2.45, 2.75) is 33.2 Å². The molecule has 0 aliphatic heterocycles. The maximum absolute atomic E-state index is 6.11. The fourth-order valence-electron chi connectivity index (χ4n) is 3.86. The molecule has 0 atom stereocenters. The van der Waals surface area contributed by atoms with Crippen molar-refractivity contribution in [3.8, 4) is 11.5 Å². The van der Waals surface area contributed by atoms with Crippen molar-refractivity contribution in [3.63, 3.8) is 0 Å². The van der Waals surface area contributed by atoms with Crippen LogP contribution in [0.5, 0.6) is 11.5 Å². The van der Waals surface area contributed by atoms with Gasteiger partial charge in [-0.05, 0) is 61.2 Å². The highest BCUT2D eigenvalue weighted by Crippen LogP contribution is 2.23. The number of aryl methyl sites for hydroxylation is 3. The second-order valence-electron chi connectivity index (χ2n) is 7.62. The molecule has 0 radical (unpaired) electrons. The number of para-hydroxylation sites is 3. The molecule has 0 saturated carbocycles. The molecule has 0 saturated heterocycles. The minimum atomic E-state index is 0.681. The van der Waals surface area contributed by atoms with Gasteiger partial charge in [0.2, 0.25) is 0 Å². The molecule has 4 rings (SSSR count). The van der Waals surface area contributed by atoms with Crippen molar-refractivity contribution in [2.75, 3.05) is 13.7 Å². The molecule has 0 spiro atoms. The van der Waals surface area contributed by atoms with Crippen LogP contribution in [0.25, 0.3) is 11.0 Å². The Kier molecular flexibility index (Phi) is 6.03. The van der Waals surface area contributed by atoms with E-state index in [2.05, 4.69) is 66.9 Å². The third kappa shape index (κ3) is 4.33. The zero-order valence-electron chi connectivity index (χ0n) is 17.9. The number of aromatic nitrogens is 2. The maximum Gasteiger partial charge on any atom is 0.125 e. The summed E-state index contributed by atoms with van der Waals surface area (Å²) in [5.41, 5.74) is 5.80. The highest BCUT2D eigenvalue weighted by Gasteiger charge is 2.11. The molecule has 1 heterocycles. The Morgan fingerprint density at radius 2 is 1.60 bits per heavy atom. The van der Waals surface area contributed by atoms with E-state index in [1.54, 1.807) is 7.11 Å². The number of hydrogen-bond donors (Lipinski definition) is 0. The predicted octanol–water partition coefficient (Wildman–Crippen LogP) is 5.72. The van der Waals surface area contributed by atoms with Crippen LogP contribution >= 0.6 is 0 Å². The molecule has 30 heavy (non-hydrogen) atoms. The summed E-state index contributed by atoms with van der Waals surface area (Å²) in [4.78, 5) is 4.91. The average molecular weight is 401 g/mol. The van der Waals surface area contributed by atoms with E-state index >= 15 is 0 Å². The third-order valence-electron chi connectivity index (χ3n) is 5.44. The molecule has 0 amide bonds. The Morgan fingerprint density at radius 1 is 0.867 bits per heavy atom. The van der Waals surface area contributed by atoms with Crippen molar-refractivity contribution in [2.24, 2.45) is 0 Å². The Morgan fingerprint density at radius 3 is 2.33 bits per heavy atom. The van der Waals surface area contributed by atoms with Crippen LogP contribution in [0.1, 0.15) is 28.9 Å². The van der Waals surface area contributed by atoms with Gasteiger partial charge in [0.1, 0.15) is 17.3 Å². The summed E-state index contributed by atoms with van der Waals surface area (Å²) in [7, 11) is 1.69. The van der Waals surface area contributed by atoms with Crippen molar-refractivity contribution >= 4 is 11.0 Å². The van der Waals surface area contributed by atoms with Gasteiger partial charge in [-0.15, -0.1) is 0 Å². The van der Waals surface area contributed by atoms with Gasteiger partial charge in [-0.3, -0.25) is 0 Å². The van der Waals surface area contributed by atoms with Gasteiger partial charge in [-0.25, -0.2) is 4.98 Å². The Balaban J connectivity index is 1.50. The number of nitrogens with zero attached hydrogens (tertiary/aromatic N) is 2. The zero-order valence-corrected chi connectivity index (χ0v) is 17.9. The topological polar surface area (TPSA) is 36.3 Å². The minimum absolute atomic E-state index is 0.681. The molecule has 1 aromatic heterocycles. The number of methoxy groups -OCH3 is 1. The molecule has 4 nitrogen and oxygen atoms in total. The highest BCUT2D eigenvalue weighted by atomic mass is 16.5. The van der Waals surface area contributed by atoms with Crippen LogP contribution in [0.4, 0.5) is 0 Å². The van der Waals surface area contributed by atoms with Gasteiger partial charge >= 0.3 is 0 Å². The number of hydrogen-bond acceptors (Lipinski definition) is 3. The van der Waals surface area contributed by atoms with Crippen LogP contribution in [0, 0.1) is 13.8 Å². The first-order valence-corrected chi connectivity index (χ1v) is 10.4. The van der Waals surface area contributed by atoms with Gasteiger partial charge in [0.15, 0.2) is 0 Å². The van der Waals surface area contributed by atoms with Crippen molar-refractivity contribution in [1.82, 2.24) is 9.55 Å². The molecular formula is C26H28N2O2. The highest BCUT2D eigenvalue weighted by molar-refractivity contribution is 5.76. The van der Waals surface area contributed by atoms with Gasteiger partial charge < -0.3 is 14.0 Å². The second-order valence-corrected chi connectivity index (χ2v) is 7.62. The van der Waals surface area contributed by atoms with Crippen LogP contribution in [0.15, 0.2) is 66.7 Å². The van der Waals surface area contributed by atoms with Gasteiger partial charge in [0.25, 0.3) is 0 Å². The van der Waals surface area contributed by atoms with E-state index in [0.29, 0.717) is 6.61 Å². The zero-order chi connectivity index (χ0) is 20.9. The smallest absolute Gasteiger partial charge is 0.125 e. The second kappa shape index (κ2) is 9.04. The number of rotatable bonds is 8. The largest absolute Gasteiger partial charge is 0.497 e. The molecule has 0 unspecified atom stereocenters. The summed E-state index contributed by atoms with van der Waals surface area (Å²) in [6.45, 7) is 5.74. The molecule has 4 aromatic rings. The molecule has 0 aliphatic carbocycles. The van der Waals surface area contributed by atoms with Crippen molar-refractivity contribution in [3.05, 3.63) is 89.2 Å². The number of fused-ring (bicyclic) bond motifs is 1.